The molecule has 2 aliphatic rings. The van der Waals surface area contributed by atoms with Crippen molar-refractivity contribution in [2.24, 2.45) is 0 Å². The number of fused-ring (bicyclic) bond motifs is 1. The number of rotatable bonds is 4. The quantitative estimate of drug-likeness (QED) is 0.827. The maximum Gasteiger partial charge on any atom is 0.506 e. The van der Waals surface area contributed by atoms with Gasteiger partial charge in [0.25, 0.3) is 5.88 Å². The van der Waals surface area contributed by atoms with E-state index in [1.54, 1.807) is 6.20 Å². The van der Waals surface area contributed by atoms with Crippen LogP contribution in [0.15, 0.2) is 42.6 Å². The summed E-state index contributed by atoms with van der Waals surface area (Å²) in [4.78, 5) is 17.1. The highest BCUT2D eigenvalue weighted by molar-refractivity contribution is 5.57. The normalized spacial score (nSPS) is 20.2. The van der Waals surface area contributed by atoms with Crippen LogP contribution in [-0.2, 0) is 11.3 Å². The van der Waals surface area contributed by atoms with E-state index in [2.05, 4.69) is 34.1 Å². The monoisotopic (exact) mass is 370 g/mol. The predicted molar refractivity (Wildman–Crippen MR) is 97.0 cm³/mol. The number of likely N-dealkylation sites (tertiary alicyclic amines) is 1. The van der Waals surface area contributed by atoms with E-state index in [9.17, 15) is 4.79 Å². The number of carboxylic acid groups (broad SMARTS) is 1. The molecule has 142 valence electrons. The Morgan fingerprint density at radius 2 is 2.00 bits per heavy atom. The van der Waals surface area contributed by atoms with E-state index < -0.39 is 6.16 Å². The van der Waals surface area contributed by atoms with Gasteiger partial charge in [-0.15, -0.1) is 0 Å². The molecule has 27 heavy (non-hydrogen) atoms. The third-order valence-electron chi connectivity index (χ3n) is 4.94. The molecule has 0 amide bonds. The maximum atomic E-state index is 10.6. The molecule has 1 atom stereocenters. The van der Waals surface area contributed by atoms with Gasteiger partial charge in [-0.2, -0.15) is 0 Å². The van der Waals surface area contributed by atoms with Gasteiger partial charge in [0, 0.05) is 25.8 Å². The van der Waals surface area contributed by atoms with Gasteiger partial charge < -0.3 is 19.3 Å². The molecule has 2 aromatic rings. The molecule has 2 aliphatic heterocycles. The van der Waals surface area contributed by atoms with E-state index in [1.807, 2.05) is 12.1 Å². The van der Waals surface area contributed by atoms with Gasteiger partial charge in [-0.1, -0.05) is 24.3 Å². The van der Waals surface area contributed by atoms with Gasteiger partial charge in [0.1, 0.15) is 12.7 Å². The lowest BCUT2D eigenvalue weighted by Crippen LogP contribution is -2.37. The summed E-state index contributed by atoms with van der Waals surface area (Å²) >= 11 is 0. The molecular formula is C20H22N2O5. The van der Waals surface area contributed by atoms with Gasteiger partial charge in [-0.25, -0.2) is 9.78 Å². The minimum Gasteiger partial charge on any atom is -0.484 e. The number of ether oxygens (including phenoxy) is 3. The fraction of sp³-hybridized carbons (Fsp3) is 0.400. The topological polar surface area (TPSA) is 81.1 Å². The summed E-state index contributed by atoms with van der Waals surface area (Å²) < 4.78 is 16.5. The average molecular weight is 370 g/mol. The van der Waals surface area contributed by atoms with Crippen molar-refractivity contribution >= 4 is 6.16 Å². The van der Waals surface area contributed by atoms with Crippen LogP contribution in [0.5, 0.6) is 11.6 Å². The second-order valence-electron chi connectivity index (χ2n) is 6.83. The van der Waals surface area contributed by atoms with Crippen LogP contribution >= 0.6 is 0 Å². The Morgan fingerprint density at radius 3 is 2.74 bits per heavy atom. The van der Waals surface area contributed by atoms with Crippen LogP contribution < -0.4 is 9.47 Å². The van der Waals surface area contributed by atoms with Crippen molar-refractivity contribution in [3.63, 3.8) is 0 Å². The summed E-state index contributed by atoms with van der Waals surface area (Å²) in [6, 6.07) is 12.0. The lowest BCUT2D eigenvalue weighted by atomic mass is 10.0. The smallest absolute Gasteiger partial charge is 0.484 e. The Labute approximate surface area is 157 Å². The highest BCUT2D eigenvalue weighted by Gasteiger charge is 2.24. The van der Waals surface area contributed by atoms with Gasteiger partial charge in [0.15, 0.2) is 11.9 Å². The van der Waals surface area contributed by atoms with Crippen LogP contribution in [0.25, 0.3) is 0 Å². The second kappa shape index (κ2) is 7.84. The fourth-order valence-corrected chi connectivity index (χ4v) is 3.50. The zero-order chi connectivity index (χ0) is 18.6. The number of hydrogen-bond acceptors (Lipinski definition) is 6. The molecule has 7 heteroatoms. The Balaban J connectivity index is 1.32. The van der Waals surface area contributed by atoms with Gasteiger partial charge in [-0.05, 0) is 36.1 Å². The Kier molecular flexibility index (Phi) is 5.11. The largest absolute Gasteiger partial charge is 0.506 e. The third-order valence-corrected chi connectivity index (χ3v) is 4.94. The molecule has 7 nitrogen and oxygen atoms in total. The number of nitrogens with zero attached hydrogens (tertiary/aromatic N) is 2. The van der Waals surface area contributed by atoms with Crippen LogP contribution in [-0.4, -0.2) is 46.9 Å². The summed E-state index contributed by atoms with van der Waals surface area (Å²) in [5.74, 6) is 1.21. The number of carbonyl (C=O) groups is 1. The summed E-state index contributed by atoms with van der Waals surface area (Å²) in [6.07, 6.45) is 1.65. The van der Waals surface area contributed by atoms with Gasteiger partial charge in [-0.3, -0.25) is 4.90 Å². The standard InChI is InChI=1S/C20H22N2O5/c23-20(24)26-16-7-10-22(11-8-16)12-14-3-5-15(6-4-14)18-13-25-17-2-1-9-21-19(17)27-18/h1-6,9,16,18H,7-8,10-13H2,(H,23,24)/t18-/m1/s1. The zero-order valence-electron chi connectivity index (χ0n) is 14.9. The van der Waals surface area contributed by atoms with E-state index in [-0.39, 0.29) is 12.2 Å². The first-order valence-electron chi connectivity index (χ1n) is 9.12. The molecular weight excluding hydrogens is 348 g/mol. The molecule has 0 spiro atoms. The van der Waals surface area contributed by atoms with E-state index >= 15 is 0 Å². The first-order chi connectivity index (χ1) is 13.2. The molecule has 0 radical (unpaired) electrons. The Bertz CT molecular complexity index is 787. The molecule has 0 unspecified atom stereocenters. The van der Waals surface area contributed by atoms with E-state index in [4.69, 9.17) is 19.3 Å². The van der Waals surface area contributed by atoms with Crippen LogP contribution in [0, 0.1) is 0 Å². The Hall–Kier alpha value is -2.80. The van der Waals surface area contributed by atoms with Crippen molar-refractivity contribution in [1.82, 2.24) is 9.88 Å². The van der Waals surface area contributed by atoms with Crippen LogP contribution in [0.1, 0.15) is 30.1 Å². The number of benzene rings is 1. The molecule has 1 fully saturated rings. The lowest BCUT2D eigenvalue weighted by molar-refractivity contribution is 0.0185. The first-order valence-corrected chi connectivity index (χ1v) is 9.12. The maximum absolute atomic E-state index is 10.6. The molecule has 0 saturated carbocycles. The van der Waals surface area contributed by atoms with Gasteiger partial charge in [0.05, 0.1) is 0 Å². The molecule has 4 rings (SSSR count). The fourth-order valence-electron chi connectivity index (χ4n) is 3.50. The molecule has 1 aromatic carbocycles. The highest BCUT2D eigenvalue weighted by atomic mass is 16.7. The Morgan fingerprint density at radius 1 is 1.22 bits per heavy atom. The summed E-state index contributed by atoms with van der Waals surface area (Å²) in [7, 11) is 0. The summed E-state index contributed by atoms with van der Waals surface area (Å²) in [5.41, 5.74) is 2.27. The number of pyridine rings is 1. The molecule has 1 aromatic heterocycles. The molecule has 3 heterocycles. The number of hydrogen-bond donors (Lipinski definition) is 1. The third kappa shape index (κ3) is 4.31. The van der Waals surface area contributed by atoms with Crippen molar-refractivity contribution in [3.05, 3.63) is 53.7 Å². The van der Waals surface area contributed by atoms with Crippen molar-refractivity contribution in [3.8, 4) is 11.6 Å². The minimum atomic E-state index is -1.18. The predicted octanol–water partition coefficient (Wildman–Crippen LogP) is 3.25. The van der Waals surface area contributed by atoms with E-state index in [0.29, 0.717) is 18.2 Å². The van der Waals surface area contributed by atoms with Crippen LogP contribution in [0.3, 0.4) is 0 Å². The first kappa shape index (κ1) is 17.6. The summed E-state index contributed by atoms with van der Waals surface area (Å²) in [6.45, 7) is 2.98. The van der Waals surface area contributed by atoms with E-state index in [1.165, 1.54) is 5.56 Å². The average Bonchev–Trinajstić information content (AvgIpc) is 2.69. The molecule has 1 saturated heterocycles. The van der Waals surface area contributed by atoms with E-state index in [0.717, 1.165) is 38.0 Å². The molecule has 0 aliphatic carbocycles. The zero-order valence-corrected chi connectivity index (χ0v) is 14.9. The van der Waals surface area contributed by atoms with Crippen molar-refractivity contribution < 1.29 is 24.1 Å². The SMILES string of the molecule is O=C(O)OC1CCN(Cc2ccc([C@H]3COc4cccnc4O3)cc2)CC1. The molecule has 0 bridgehead atoms. The highest BCUT2D eigenvalue weighted by Crippen LogP contribution is 2.34. The summed E-state index contributed by atoms with van der Waals surface area (Å²) in [5, 5.41) is 8.70. The number of piperidine rings is 1. The van der Waals surface area contributed by atoms with Gasteiger partial charge >= 0.3 is 6.16 Å². The van der Waals surface area contributed by atoms with Crippen molar-refractivity contribution in [2.75, 3.05) is 19.7 Å². The minimum absolute atomic E-state index is 0.162. The van der Waals surface area contributed by atoms with Crippen molar-refractivity contribution in [1.29, 1.82) is 0 Å². The molecule has 1 N–H and O–H groups in total. The van der Waals surface area contributed by atoms with Crippen molar-refractivity contribution in [2.45, 2.75) is 31.6 Å². The lowest BCUT2D eigenvalue weighted by Gasteiger charge is -2.31. The van der Waals surface area contributed by atoms with Crippen LogP contribution in [0.2, 0.25) is 0 Å². The van der Waals surface area contributed by atoms with Gasteiger partial charge in [0.2, 0.25) is 0 Å². The van der Waals surface area contributed by atoms with Crippen LogP contribution in [0.4, 0.5) is 4.79 Å². The number of aromatic nitrogens is 1. The second-order valence-corrected chi connectivity index (χ2v) is 6.83.